The molecule has 1 nitrogen and oxygen atoms in total. The van der Waals surface area contributed by atoms with Crippen LogP contribution < -0.4 is 0 Å². The number of aliphatic imine (C=N–C) groups is 1. The Morgan fingerprint density at radius 2 is 1.86 bits per heavy atom. The molecule has 14 heavy (non-hydrogen) atoms. The van der Waals surface area contributed by atoms with Gasteiger partial charge in [-0.15, -0.1) is 0 Å². The van der Waals surface area contributed by atoms with Gasteiger partial charge >= 0.3 is 0 Å². The lowest BCUT2D eigenvalue weighted by Crippen LogP contribution is -1.94. The van der Waals surface area contributed by atoms with E-state index in [1.54, 1.807) is 0 Å². The Morgan fingerprint density at radius 3 is 2.43 bits per heavy atom. The van der Waals surface area contributed by atoms with Crippen molar-refractivity contribution in [2.45, 2.75) is 33.2 Å². The summed E-state index contributed by atoms with van der Waals surface area (Å²) < 4.78 is 1.15. The SMILES string of the molecule is CCC(CC)=NCc1ccccc1Br. The first kappa shape index (κ1) is 11.4. The van der Waals surface area contributed by atoms with Gasteiger partial charge in [0.05, 0.1) is 6.54 Å². The number of nitrogens with zero attached hydrogens (tertiary/aromatic N) is 1. The van der Waals surface area contributed by atoms with Crippen LogP contribution >= 0.6 is 15.9 Å². The van der Waals surface area contributed by atoms with Gasteiger partial charge in [0.25, 0.3) is 0 Å². The van der Waals surface area contributed by atoms with Crippen LogP contribution in [0.15, 0.2) is 33.7 Å². The molecule has 1 rings (SSSR count). The van der Waals surface area contributed by atoms with E-state index in [0.29, 0.717) is 0 Å². The van der Waals surface area contributed by atoms with E-state index in [-0.39, 0.29) is 0 Å². The predicted molar refractivity (Wildman–Crippen MR) is 65.9 cm³/mol. The Bertz CT molecular complexity index is 312. The molecule has 2 heteroatoms. The highest BCUT2D eigenvalue weighted by Gasteiger charge is 1.97. The van der Waals surface area contributed by atoms with Gasteiger partial charge in [-0.3, -0.25) is 4.99 Å². The molecule has 0 saturated heterocycles. The van der Waals surface area contributed by atoms with E-state index >= 15 is 0 Å². The third kappa shape index (κ3) is 3.26. The minimum absolute atomic E-state index is 0.790. The monoisotopic (exact) mass is 253 g/mol. The Hall–Kier alpha value is -0.630. The molecule has 0 atom stereocenters. The molecule has 0 heterocycles. The second kappa shape index (κ2) is 5.97. The average molecular weight is 254 g/mol. The van der Waals surface area contributed by atoms with Gasteiger partial charge in [0.15, 0.2) is 0 Å². The minimum Gasteiger partial charge on any atom is -0.289 e. The topological polar surface area (TPSA) is 12.4 Å². The van der Waals surface area contributed by atoms with Gasteiger partial charge in [0.2, 0.25) is 0 Å². The largest absolute Gasteiger partial charge is 0.289 e. The molecular formula is C12H16BrN. The Morgan fingerprint density at radius 1 is 1.21 bits per heavy atom. The van der Waals surface area contributed by atoms with Crippen LogP contribution in [0.4, 0.5) is 0 Å². The molecule has 0 saturated carbocycles. The van der Waals surface area contributed by atoms with Gasteiger partial charge in [-0.25, -0.2) is 0 Å². The van der Waals surface area contributed by atoms with Gasteiger partial charge in [0, 0.05) is 10.2 Å². The van der Waals surface area contributed by atoms with Gasteiger partial charge in [0.1, 0.15) is 0 Å². The highest BCUT2D eigenvalue weighted by Crippen LogP contribution is 2.16. The molecule has 76 valence electrons. The fourth-order valence-electron chi connectivity index (χ4n) is 1.30. The van der Waals surface area contributed by atoms with E-state index in [4.69, 9.17) is 0 Å². The average Bonchev–Trinajstić information content (AvgIpc) is 2.22. The summed E-state index contributed by atoms with van der Waals surface area (Å²) in [5.41, 5.74) is 2.55. The van der Waals surface area contributed by atoms with Gasteiger partial charge < -0.3 is 0 Å². The zero-order valence-corrected chi connectivity index (χ0v) is 10.3. The summed E-state index contributed by atoms with van der Waals surface area (Å²) in [7, 11) is 0. The molecule has 0 aliphatic carbocycles. The van der Waals surface area contributed by atoms with Crippen LogP contribution in [-0.4, -0.2) is 5.71 Å². The van der Waals surface area contributed by atoms with Crippen molar-refractivity contribution in [3.8, 4) is 0 Å². The normalized spacial score (nSPS) is 9.93. The molecule has 1 aromatic rings. The molecule has 0 fully saturated rings. The van der Waals surface area contributed by atoms with Crippen molar-refractivity contribution in [3.05, 3.63) is 34.3 Å². The molecule has 0 aliphatic heterocycles. The van der Waals surface area contributed by atoms with Crippen LogP contribution in [0.5, 0.6) is 0 Å². The van der Waals surface area contributed by atoms with Crippen LogP contribution in [0.25, 0.3) is 0 Å². The van der Waals surface area contributed by atoms with Crippen LogP contribution in [0.2, 0.25) is 0 Å². The summed E-state index contributed by atoms with van der Waals surface area (Å²) in [6.07, 6.45) is 2.11. The number of halogens is 1. The lowest BCUT2D eigenvalue weighted by molar-refractivity contribution is 1.01. The summed E-state index contributed by atoms with van der Waals surface area (Å²) >= 11 is 3.52. The molecule has 0 radical (unpaired) electrons. The highest BCUT2D eigenvalue weighted by molar-refractivity contribution is 9.10. The number of rotatable bonds is 4. The maximum atomic E-state index is 4.58. The van der Waals surface area contributed by atoms with Gasteiger partial charge in [-0.1, -0.05) is 48.0 Å². The summed E-state index contributed by atoms with van der Waals surface area (Å²) in [5.74, 6) is 0. The Labute approximate surface area is 94.4 Å². The second-order valence-corrected chi connectivity index (χ2v) is 4.04. The Kier molecular flexibility index (Phi) is 4.88. The third-order valence-corrected chi connectivity index (χ3v) is 3.02. The molecule has 1 aromatic carbocycles. The Balaban J connectivity index is 2.70. The van der Waals surface area contributed by atoms with Gasteiger partial charge in [-0.2, -0.15) is 0 Å². The first-order valence-corrected chi connectivity index (χ1v) is 5.82. The van der Waals surface area contributed by atoms with E-state index in [2.05, 4.69) is 46.9 Å². The summed E-state index contributed by atoms with van der Waals surface area (Å²) in [4.78, 5) is 4.58. The number of benzene rings is 1. The van der Waals surface area contributed by atoms with Crippen molar-refractivity contribution >= 4 is 21.6 Å². The van der Waals surface area contributed by atoms with E-state index in [1.165, 1.54) is 11.3 Å². The van der Waals surface area contributed by atoms with E-state index < -0.39 is 0 Å². The standard InChI is InChI=1S/C12H16BrN/c1-3-11(4-2)14-9-10-7-5-6-8-12(10)13/h5-8H,3-4,9H2,1-2H3. The van der Waals surface area contributed by atoms with Crippen molar-refractivity contribution in [2.24, 2.45) is 4.99 Å². The maximum absolute atomic E-state index is 4.58. The quantitative estimate of drug-likeness (QED) is 0.714. The van der Waals surface area contributed by atoms with Crippen molar-refractivity contribution in [2.75, 3.05) is 0 Å². The highest BCUT2D eigenvalue weighted by atomic mass is 79.9. The second-order valence-electron chi connectivity index (χ2n) is 3.18. The summed E-state index contributed by atoms with van der Waals surface area (Å²) in [6, 6.07) is 8.24. The summed E-state index contributed by atoms with van der Waals surface area (Å²) in [5, 5.41) is 0. The lowest BCUT2D eigenvalue weighted by Gasteiger charge is -2.02. The fourth-order valence-corrected chi connectivity index (χ4v) is 1.71. The zero-order valence-electron chi connectivity index (χ0n) is 8.76. The van der Waals surface area contributed by atoms with E-state index in [0.717, 1.165) is 23.9 Å². The molecule has 0 bridgehead atoms. The van der Waals surface area contributed by atoms with E-state index in [9.17, 15) is 0 Å². The van der Waals surface area contributed by atoms with Crippen molar-refractivity contribution in [1.29, 1.82) is 0 Å². The van der Waals surface area contributed by atoms with Crippen molar-refractivity contribution < 1.29 is 0 Å². The smallest absolute Gasteiger partial charge is 0.0650 e. The maximum Gasteiger partial charge on any atom is 0.0650 e. The van der Waals surface area contributed by atoms with E-state index in [1.807, 2.05) is 12.1 Å². The van der Waals surface area contributed by atoms with Crippen molar-refractivity contribution in [3.63, 3.8) is 0 Å². The molecule has 0 aliphatic rings. The van der Waals surface area contributed by atoms with Crippen LogP contribution in [-0.2, 0) is 6.54 Å². The number of hydrogen-bond acceptors (Lipinski definition) is 1. The van der Waals surface area contributed by atoms with Gasteiger partial charge in [-0.05, 0) is 24.5 Å². The zero-order chi connectivity index (χ0) is 10.4. The molecule has 0 amide bonds. The third-order valence-electron chi connectivity index (χ3n) is 2.25. The first-order valence-electron chi connectivity index (χ1n) is 5.03. The molecule has 0 aromatic heterocycles. The molecule has 0 N–H and O–H groups in total. The van der Waals surface area contributed by atoms with Crippen LogP contribution in [0, 0.1) is 0 Å². The number of hydrogen-bond donors (Lipinski definition) is 0. The van der Waals surface area contributed by atoms with Crippen LogP contribution in [0.1, 0.15) is 32.3 Å². The first-order chi connectivity index (χ1) is 6.77. The molecule has 0 spiro atoms. The molecule has 0 unspecified atom stereocenters. The van der Waals surface area contributed by atoms with Crippen molar-refractivity contribution in [1.82, 2.24) is 0 Å². The summed E-state index contributed by atoms with van der Waals surface area (Å²) in [6.45, 7) is 5.10. The lowest BCUT2D eigenvalue weighted by atomic mass is 10.2. The molecular weight excluding hydrogens is 238 g/mol. The predicted octanol–water partition coefficient (Wildman–Crippen LogP) is 4.21. The van der Waals surface area contributed by atoms with Crippen LogP contribution in [0.3, 0.4) is 0 Å². The fraction of sp³-hybridized carbons (Fsp3) is 0.417. The minimum atomic E-state index is 0.790.